The van der Waals surface area contributed by atoms with E-state index in [-0.39, 0.29) is 11.9 Å². The summed E-state index contributed by atoms with van der Waals surface area (Å²) < 4.78 is 0. The third-order valence-electron chi connectivity index (χ3n) is 2.01. The van der Waals surface area contributed by atoms with Crippen molar-refractivity contribution in [1.82, 2.24) is 4.90 Å². The number of nitriles is 1. The molecule has 0 aliphatic carbocycles. The smallest absolute Gasteiger partial charge is 0.223 e. The first-order chi connectivity index (χ1) is 6.02. The van der Waals surface area contributed by atoms with Crippen molar-refractivity contribution in [2.45, 2.75) is 39.7 Å². The molecule has 0 saturated heterocycles. The van der Waals surface area contributed by atoms with Gasteiger partial charge in [-0.2, -0.15) is 5.26 Å². The average Bonchev–Trinajstić information content (AvgIpc) is 2.11. The van der Waals surface area contributed by atoms with E-state index in [2.05, 4.69) is 19.9 Å². The zero-order valence-corrected chi connectivity index (χ0v) is 8.87. The van der Waals surface area contributed by atoms with Gasteiger partial charge in [-0.05, 0) is 12.3 Å². The summed E-state index contributed by atoms with van der Waals surface area (Å²) in [6.45, 7) is 5.91. The van der Waals surface area contributed by atoms with Gasteiger partial charge in [-0.15, -0.1) is 0 Å². The van der Waals surface area contributed by atoms with Gasteiger partial charge in [0.2, 0.25) is 5.91 Å². The minimum absolute atomic E-state index is 0.0344. The van der Waals surface area contributed by atoms with E-state index in [0.717, 1.165) is 6.42 Å². The first-order valence-corrected chi connectivity index (χ1v) is 4.68. The van der Waals surface area contributed by atoms with Gasteiger partial charge in [0.25, 0.3) is 0 Å². The van der Waals surface area contributed by atoms with Gasteiger partial charge in [-0.3, -0.25) is 4.79 Å². The van der Waals surface area contributed by atoms with Crippen molar-refractivity contribution >= 4 is 5.91 Å². The van der Waals surface area contributed by atoms with E-state index in [1.165, 1.54) is 0 Å². The van der Waals surface area contributed by atoms with E-state index >= 15 is 0 Å². The second-order valence-electron chi connectivity index (χ2n) is 3.63. The molecular formula is C10H18N2O. The molecule has 3 heteroatoms. The third kappa shape index (κ3) is 3.93. The van der Waals surface area contributed by atoms with Crippen LogP contribution in [-0.4, -0.2) is 23.9 Å². The molecule has 0 rings (SSSR count). The maximum Gasteiger partial charge on any atom is 0.223 e. The summed E-state index contributed by atoms with van der Waals surface area (Å²) in [4.78, 5) is 12.8. The van der Waals surface area contributed by atoms with E-state index in [0.29, 0.717) is 12.3 Å². The minimum Gasteiger partial charge on any atom is -0.330 e. The topological polar surface area (TPSA) is 44.1 Å². The summed E-state index contributed by atoms with van der Waals surface area (Å²) in [6, 6.07) is 1.88. The molecule has 1 unspecified atom stereocenters. The molecule has 3 nitrogen and oxygen atoms in total. The highest BCUT2D eigenvalue weighted by atomic mass is 16.2. The Morgan fingerprint density at radius 2 is 2.08 bits per heavy atom. The lowest BCUT2D eigenvalue weighted by atomic mass is 10.0. The molecule has 0 aliphatic heterocycles. The van der Waals surface area contributed by atoms with Crippen LogP contribution in [0, 0.1) is 17.2 Å². The van der Waals surface area contributed by atoms with Crippen LogP contribution in [0.4, 0.5) is 0 Å². The molecule has 0 saturated carbocycles. The quantitative estimate of drug-likeness (QED) is 0.665. The number of amides is 1. The molecule has 0 N–H and O–H groups in total. The Hall–Kier alpha value is -1.04. The van der Waals surface area contributed by atoms with Crippen LogP contribution in [0.1, 0.15) is 33.6 Å². The number of carbonyl (C=O) groups is 1. The van der Waals surface area contributed by atoms with Crippen LogP contribution in [0.25, 0.3) is 0 Å². The first-order valence-electron chi connectivity index (χ1n) is 4.68. The Morgan fingerprint density at radius 1 is 1.54 bits per heavy atom. The lowest BCUT2D eigenvalue weighted by molar-refractivity contribution is -0.130. The molecular weight excluding hydrogens is 164 g/mol. The predicted octanol–water partition coefficient (Wildman–Crippen LogP) is 1.79. The summed E-state index contributed by atoms with van der Waals surface area (Å²) in [7, 11) is 1.70. The molecule has 1 amide bonds. The van der Waals surface area contributed by atoms with Crippen molar-refractivity contribution in [3.05, 3.63) is 0 Å². The fraction of sp³-hybridized carbons (Fsp3) is 0.800. The fourth-order valence-electron chi connectivity index (χ4n) is 1.17. The summed E-state index contributed by atoms with van der Waals surface area (Å²) in [5.74, 6) is 0.476. The number of hydrogen-bond donors (Lipinski definition) is 0. The van der Waals surface area contributed by atoms with Crippen molar-refractivity contribution in [1.29, 1.82) is 5.26 Å². The lowest BCUT2D eigenvalue weighted by Crippen LogP contribution is -2.36. The van der Waals surface area contributed by atoms with Gasteiger partial charge >= 0.3 is 0 Å². The largest absolute Gasteiger partial charge is 0.330 e. The Kier molecular flexibility index (Phi) is 5.13. The van der Waals surface area contributed by atoms with Crippen LogP contribution in [0.2, 0.25) is 0 Å². The SMILES string of the molecule is CCC(=O)N(C)C(C#N)CC(C)C. The van der Waals surface area contributed by atoms with Crippen LogP contribution in [0.3, 0.4) is 0 Å². The Morgan fingerprint density at radius 3 is 2.38 bits per heavy atom. The fourth-order valence-corrected chi connectivity index (χ4v) is 1.17. The van der Waals surface area contributed by atoms with Gasteiger partial charge in [-0.1, -0.05) is 20.8 Å². The van der Waals surface area contributed by atoms with Gasteiger partial charge in [0.1, 0.15) is 6.04 Å². The maximum absolute atomic E-state index is 11.3. The van der Waals surface area contributed by atoms with Crippen molar-refractivity contribution < 1.29 is 4.79 Å². The minimum atomic E-state index is -0.271. The zero-order chi connectivity index (χ0) is 10.4. The molecule has 0 spiro atoms. The van der Waals surface area contributed by atoms with E-state index in [1.807, 2.05) is 6.92 Å². The van der Waals surface area contributed by atoms with E-state index in [4.69, 9.17) is 5.26 Å². The molecule has 74 valence electrons. The molecule has 0 bridgehead atoms. The van der Waals surface area contributed by atoms with Gasteiger partial charge in [-0.25, -0.2) is 0 Å². The molecule has 13 heavy (non-hydrogen) atoms. The Balaban J connectivity index is 4.25. The van der Waals surface area contributed by atoms with Crippen LogP contribution in [0.15, 0.2) is 0 Å². The third-order valence-corrected chi connectivity index (χ3v) is 2.01. The second kappa shape index (κ2) is 5.58. The monoisotopic (exact) mass is 182 g/mol. The highest BCUT2D eigenvalue weighted by Crippen LogP contribution is 2.10. The number of nitrogens with zero attached hydrogens (tertiary/aromatic N) is 2. The normalized spacial score (nSPS) is 12.3. The highest BCUT2D eigenvalue weighted by molar-refractivity contribution is 5.76. The Bertz CT molecular complexity index is 205. The molecule has 0 fully saturated rings. The first kappa shape index (κ1) is 12.0. The highest BCUT2D eigenvalue weighted by Gasteiger charge is 2.18. The standard InChI is InChI=1S/C10H18N2O/c1-5-10(13)12(4)9(7-11)6-8(2)3/h8-9H,5-6H2,1-4H3. The molecule has 0 aromatic heterocycles. The van der Waals surface area contributed by atoms with Crippen molar-refractivity contribution in [2.75, 3.05) is 7.05 Å². The number of carbonyl (C=O) groups excluding carboxylic acids is 1. The van der Waals surface area contributed by atoms with E-state index in [9.17, 15) is 4.79 Å². The van der Waals surface area contributed by atoms with Crippen molar-refractivity contribution in [3.8, 4) is 6.07 Å². The van der Waals surface area contributed by atoms with E-state index < -0.39 is 0 Å². The van der Waals surface area contributed by atoms with Gasteiger partial charge in [0.05, 0.1) is 6.07 Å². The van der Waals surface area contributed by atoms with Crippen LogP contribution < -0.4 is 0 Å². The lowest BCUT2D eigenvalue weighted by Gasteiger charge is -2.23. The summed E-state index contributed by atoms with van der Waals surface area (Å²) in [6.07, 6.45) is 1.21. The maximum atomic E-state index is 11.3. The van der Waals surface area contributed by atoms with Gasteiger partial charge in [0, 0.05) is 13.5 Å². The molecule has 0 aromatic rings. The zero-order valence-electron chi connectivity index (χ0n) is 8.87. The predicted molar refractivity (Wildman–Crippen MR) is 51.9 cm³/mol. The number of hydrogen-bond acceptors (Lipinski definition) is 2. The molecule has 1 atom stereocenters. The second-order valence-corrected chi connectivity index (χ2v) is 3.63. The molecule has 0 aliphatic rings. The molecule has 0 radical (unpaired) electrons. The van der Waals surface area contributed by atoms with Crippen molar-refractivity contribution in [2.24, 2.45) is 5.92 Å². The van der Waals surface area contributed by atoms with Gasteiger partial charge in [0.15, 0.2) is 0 Å². The van der Waals surface area contributed by atoms with Crippen LogP contribution >= 0.6 is 0 Å². The van der Waals surface area contributed by atoms with Crippen molar-refractivity contribution in [3.63, 3.8) is 0 Å². The molecule has 0 heterocycles. The summed E-state index contributed by atoms with van der Waals surface area (Å²) in [5.41, 5.74) is 0. The summed E-state index contributed by atoms with van der Waals surface area (Å²) >= 11 is 0. The van der Waals surface area contributed by atoms with Crippen LogP contribution in [-0.2, 0) is 4.79 Å². The van der Waals surface area contributed by atoms with E-state index in [1.54, 1.807) is 11.9 Å². The average molecular weight is 182 g/mol. The van der Waals surface area contributed by atoms with Crippen LogP contribution in [0.5, 0.6) is 0 Å². The Labute approximate surface area is 80.3 Å². The summed E-state index contributed by atoms with van der Waals surface area (Å²) in [5, 5.41) is 8.85. The molecule has 0 aromatic carbocycles. The number of rotatable bonds is 4. The van der Waals surface area contributed by atoms with Gasteiger partial charge < -0.3 is 4.90 Å².